The van der Waals surface area contributed by atoms with Gasteiger partial charge >= 0.3 is 0 Å². The van der Waals surface area contributed by atoms with E-state index in [4.69, 9.17) is 14.7 Å². The second-order valence-electron chi connectivity index (χ2n) is 5.16. The average molecular weight is 466 g/mol. The molecule has 0 saturated heterocycles. The van der Waals surface area contributed by atoms with Gasteiger partial charge in [-0.05, 0) is 36.8 Å². The largest absolute Gasteiger partial charge is 0.493 e. The van der Waals surface area contributed by atoms with Crippen molar-refractivity contribution in [2.75, 3.05) is 26.1 Å². The number of benzene rings is 2. The molecule has 6 nitrogen and oxygen atoms in total. The average Bonchev–Trinajstić information content (AvgIpc) is 2.66. The summed E-state index contributed by atoms with van der Waals surface area (Å²) in [6.07, 6.45) is 0. The van der Waals surface area contributed by atoms with Crippen molar-refractivity contribution in [3.63, 3.8) is 0 Å². The van der Waals surface area contributed by atoms with Gasteiger partial charge in [0.15, 0.2) is 17.5 Å². The molecule has 138 valence electrons. The van der Waals surface area contributed by atoms with Crippen LogP contribution in [0.1, 0.15) is 18.1 Å². The summed E-state index contributed by atoms with van der Waals surface area (Å²) in [7, 11) is 3.32. The highest BCUT2D eigenvalue weighted by molar-refractivity contribution is 14.0. The predicted octanol–water partition coefficient (Wildman–Crippen LogP) is 3.77. The number of aliphatic imine (C=N–C) groups is 1. The van der Waals surface area contributed by atoms with Crippen LogP contribution in [0.2, 0.25) is 0 Å². The molecule has 0 aliphatic heterocycles. The molecule has 0 spiro atoms. The maximum atomic E-state index is 8.83. The third kappa shape index (κ3) is 6.11. The molecule has 0 radical (unpaired) electrons. The van der Waals surface area contributed by atoms with E-state index in [1.54, 1.807) is 26.3 Å². The molecule has 0 aromatic heterocycles. The van der Waals surface area contributed by atoms with E-state index >= 15 is 0 Å². The third-order valence-corrected chi connectivity index (χ3v) is 3.49. The van der Waals surface area contributed by atoms with Crippen molar-refractivity contribution in [1.82, 2.24) is 5.32 Å². The lowest BCUT2D eigenvalue weighted by Crippen LogP contribution is -2.30. The summed E-state index contributed by atoms with van der Waals surface area (Å²) in [5, 5.41) is 15.3. The van der Waals surface area contributed by atoms with Gasteiger partial charge in [-0.1, -0.05) is 12.1 Å². The van der Waals surface area contributed by atoms with E-state index in [1.165, 1.54) is 0 Å². The number of ether oxygens (including phenoxy) is 2. The highest BCUT2D eigenvalue weighted by Crippen LogP contribution is 2.30. The molecule has 0 aliphatic rings. The summed E-state index contributed by atoms with van der Waals surface area (Å²) in [5.41, 5.74) is 2.55. The van der Waals surface area contributed by atoms with Gasteiger partial charge in [-0.25, -0.2) is 0 Å². The van der Waals surface area contributed by atoms with Crippen molar-refractivity contribution in [3.05, 3.63) is 53.6 Å². The van der Waals surface area contributed by atoms with Crippen LogP contribution in [-0.2, 0) is 6.54 Å². The zero-order valence-electron chi connectivity index (χ0n) is 15.1. The van der Waals surface area contributed by atoms with Crippen molar-refractivity contribution in [3.8, 4) is 17.6 Å². The van der Waals surface area contributed by atoms with Gasteiger partial charge < -0.3 is 20.1 Å². The van der Waals surface area contributed by atoms with E-state index in [1.807, 2.05) is 37.3 Å². The summed E-state index contributed by atoms with van der Waals surface area (Å²) >= 11 is 0. The molecule has 2 rings (SSSR count). The van der Waals surface area contributed by atoms with Gasteiger partial charge in [-0.15, -0.1) is 24.0 Å². The predicted molar refractivity (Wildman–Crippen MR) is 115 cm³/mol. The maximum absolute atomic E-state index is 8.83. The first-order valence-electron chi connectivity index (χ1n) is 7.97. The fourth-order valence-corrected chi connectivity index (χ4v) is 2.22. The van der Waals surface area contributed by atoms with Crippen molar-refractivity contribution < 1.29 is 9.47 Å². The van der Waals surface area contributed by atoms with Crippen LogP contribution in [0.5, 0.6) is 11.5 Å². The van der Waals surface area contributed by atoms with E-state index in [2.05, 4.69) is 21.7 Å². The van der Waals surface area contributed by atoms with Gasteiger partial charge in [0.1, 0.15) is 0 Å². The molecule has 0 saturated carbocycles. The van der Waals surface area contributed by atoms with Crippen LogP contribution >= 0.6 is 24.0 Å². The van der Waals surface area contributed by atoms with Gasteiger partial charge in [-0.2, -0.15) is 5.26 Å². The molecule has 0 aliphatic carbocycles. The summed E-state index contributed by atoms with van der Waals surface area (Å²) in [6.45, 7) is 3.09. The fraction of sp³-hybridized carbons (Fsp3) is 0.263. The molecule has 0 heterocycles. The smallest absolute Gasteiger partial charge is 0.195 e. The highest BCUT2D eigenvalue weighted by atomic mass is 127. The number of nitriles is 1. The number of nitrogens with one attached hydrogen (secondary N) is 2. The summed E-state index contributed by atoms with van der Waals surface area (Å²) in [6, 6.07) is 15.2. The summed E-state index contributed by atoms with van der Waals surface area (Å²) < 4.78 is 10.9. The van der Waals surface area contributed by atoms with E-state index in [9.17, 15) is 0 Å². The Labute approximate surface area is 171 Å². The van der Waals surface area contributed by atoms with E-state index in [0.29, 0.717) is 36.2 Å². The van der Waals surface area contributed by atoms with Crippen LogP contribution < -0.4 is 20.1 Å². The molecule has 0 atom stereocenters. The Kier molecular flexibility index (Phi) is 9.30. The first-order chi connectivity index (χ1) is 12.2. The van der Waals surface area contributed by atoms with Crippen LogP contribution in [0.3, 0.4) is 0 Å². The Bertz CT molecular complexity index is 770. The molecule has 2 N–H and O–H groups in total. The summed E-state index contributed by atoms with van der Waals surface area (Å²) in [5.74, 6) is 2.00. The summed E-state index contributed by atoms with van der Waals surface area (Å²) in [4.78, 5) is 4.22. The first-order valence-corrected chi connectivity index (χ1v) is 7.97. The van der Waals surface area contributed by atoms with Crippen LogP contribution in [-0.4, -0.2) is 26.7 Å². The molecular weight excluding hydrogens is 443 g/mol. The normalized spacial score (nSPS) is 10.3. The van der Waals surface area contributed by atoms with Gasteiger partial charge in [0.05, 0.1) is 25.3 Å². The quantitative estimate of drug-likeness (QED) is 0.385. The number of halogens is 1. The minimum absolute atomic E-state index is 0. The van der Waals surface area contributed by atoms with Crippen molar-refractivity contribution in [2.45, 2.75) is 13.5 Å². The molecule has 0 fully saturated rings. The van der Waals surface area contributed by atoms with Crippen molar-refractivity contribution in [1.29, 1.82) is 5.26 Å². The second kappa shape index (κ2) is 11.2. The lowest BCUT2D eigenvalue weighted by atomic mass is 10.1. The number of nitrogens with zero attached hydrogens (tertiary/aromatic N) is 2. The second-order valence-corrected chi connectivity index (χ2v) is 5.16. The number of hydrogen-bond donors (Lipinski definition) is 2. The zero-order chi connectivity index (χ0) is 18.1. The number of rotatable bonds is 6. The van der Waals surface area contributed by atoms with Gasteiger partial charge in [0, 0.05) is 25.3 Å². The van der Waals surface area contributed by atoms with Crippen LogP contribution in [0.15, 0.2) is 47.5 Å². The lowest BCUT2D eigenvalue weighted by Gasteiger charge is -2.14. The molecule has 2 aromatic rings. The Balaban J connectivity index is 0.00000338. The molecule has 7 heteroatoms. The van der Waals surface area contributed by atoms with Crippen LogP contribution in [0.4, 0.5) is 5.69 Å². The molecule has 26 heavy (non-hydrogen) atoms. The van der Waals surface area contributed by atoms with Crippen molar-refractivity contribution >= 4 is 35.6 Å². The topological polar surface area (TPSA) is 78.7 Å². The monoisotopic (exact) mass is 466 g/mol. The first kappa shape index (κ1) is 21.6. The molecule has 0 amide bonds. The minimum atomic E-state index is 0. The molecule has 0 bridgehead atoms. The number of guanidine groups is 1. The Morgan fingerprint density at radius 2 is 1.88 bits per heavy atom. The minimum Gasteiger partial charge on any atom is -0.493 e. The third-order valence-electron chi connectivity index (χ3n) is 3.49. The van der Waals surface area contributed by atoms with E-state index < -0.39 is 0 Å². The zero-order valence-corrected chi connectivity index (χ0v) is 17.4. The Morgan fingerprint density at radius 1 is 1.15 bits per heavy atom. The standard InChI is InChI=1S/C19H22N4O2.HI/c1-4-25-18-11-16(9-10-17(18)24-3)23-19(21-2)22-13-15-7-5-14(12-20)6-8-15;/h5-11H,4,13H2,1-3H3,(H2,21,22,23);1H. The highest BCUT2D eigenvalue weighted by Gasteiger charge is 2.07. The Morgan fingerprint density at radius 3 is 2.46 bits per heavy atom. The maximum Gasteiger partial charge on any atom is 0.195 e. The molecule has 0 unspecified atom stereocenters. The molecule has 2 aromatic carbocycles. The fourth-order valence-electron chi connectivity index (χ4n) is 2.22. The number of hydrogen-bond acceptors (Lipinski definition) is 4. The van der Waals surface area contributed by atoms with Crippen LogP contribution in [0, 0.1) is 11.3 Å². The van der Waals surface area contributed by atoms with Gasteiger partial charge in [0.25, 0.3) is 0 Å². The SMILES string of the molecule is CCOc1cc(NC(=NC)NCc2ccc(C#N)cc2)ccc1OC.I. The number of anilines is 1. The van der Waals surface area contributed by atoms with Crippen molar-refractivity contribution in [2.24, 2.45) is 4.99 Å². The Hall–Kier alpha value is -2.47. The number of methoxy groups -OCH3 is 1. The van der Waals surface area contributed by atoms with Gasteiger partial charge in [0.2, 0.25) is 0 Å². The van der Waals surface area contributed by atoms with Crippen LogP contribution in [0.25, 0.3) is 0 Å². The van der Waals surface area contributed by atoms with E-state index in [0.717, 1.165) is 11.3 Å². The van der Waals surface area contributed by atoms with E-state index in [-0.39, 0.29) is 24.0 Å². The molecular formula is C19H23IN4O2. The lowest BCUT2D eigenvalue weighted by molar-refractivity contribution is 0.311. The van der Waals surface area contributed by atoms with Gasteiger partial charge in [-0.3, -0.25) is 4.99 Å².